The van der Waals surface area contributed by atoms with E-state index in [1.807, 2.05) is 0 Å². The fourth-order valence-electron chi connectivity index (χ4n) is 3.49. The van der Waals surface area contributed by atoms with E-state index in [2.05, 4.69) is 27.0 Å². The number of aromatic nitrogens is 3. The van der Waals surface area contributed by atoms with Crippen LogP contribution in [0.5, 0.6) is 0 Å². The van der Waals surface area contributed by atoms with E-state index in [1.165, 1.54) is 31.0 Å². The second-order valence-electron chi connectivity index (χ2n) is 6.67. The van der Waals surface area contributed by atoms with Gasteiger partial charge in [-0.3, -0.25) is 9.59 Å². The number of anilines is 1. The summed E-state index contributed by atoms with van der Waals surface area (Å²) in [5.74, 6) is 0.923. The zero-order valence-electron chi connectivity index (χ0n) is 15.5. The van der Waals surface area contributed by atoms with Crippen molar-refractivity contribution in [1.29, 1.82) is 0 Å². The van der Waals surface area contributed by atoms with Gasteiger partial charge >= 0.3 is 0 Å². The molecule has 1 fully saturated rings. The molecule has 1 saturated carbocycles. The van der Waals surface area contributed by atoms with Gasteiger partial charge < -0.3 is 15.6 Å². The molecule has 0 bridgehead atoms. The van der Waals surface area contributed by atoms with Crippen molar-refractivity contribution >= 4 is 29.3 Å². The average molecular weight is 388 g/mol. The van der Waals surface area contributed by atoms with Crippen LogP contribution in [0.3, 0.4) is 0 Å². The number of para-hydroxylation sites is 1. The van der Waals surface area contributed by atoms with Crippen LogP contribution in [0.15, 0.2) is 29.4 Å². The number of nitrogens with one attached hydrogen (secondary N) is 1. The Bertz CT molecular complexity index is 814. The van der Waals surface area contributed by atoms with E-state index in [9.17, 15) is 9.59 Å². The molecule has 27 heavy (non-hydrogen) atoms. The summed E-state index contributed by atoms with van der Waals surface area (Å²) < 4.78 is 2.12. The molecule has 0 aliphatic heterocycles. The summed E-state index contributed by atoms with van der Waals surface area (Å²) in [5.41, 5.74) is 6.07. The van der Waals surface area contributed by atoms with E-state index < -0.39 is 5.91 Å². The molecule has 8 heteroatoms. The van der Waals surface area contributed by atoms with Gasteiger partial charge in [0.25, 0.3) is 5.91 Å². The number of thioether (sulfide) groups is 1. The van der Waals surface area contributed by atoms with Gasteiger partial charge in [0.2, 0.25) is 5.91 Å². The minimum absolute atomic E-state index is 0.190. The van der Waals surface area contributed by atoms with Gasteiger partial charge in [0.05, 0.1) is 17.0 Å². The summed E-state index contributed by atoms with van der Waals surface area (Å²) in [5, 5.41) is 12.2. The third kappa shape index (κ3) is 4.68. The van der Waals surface area contributed by atoms with Crippen molar-refractivity contribution in [3.8, 4) is 0 Å². The zero-order valence-corrected chi connectivity index (χ0v) is 16.3. The van der Waals surface area contributed by atoms with Crippen LogP contribution >= 0.6 is 11.8 Å². The lowest BCUT2D eigenvalue weighted by molar-refractivity contribution is -0.113. The summed E-state index contributed by atoms with van der Waals surface area (Å²) in [4.78, 5) is 23.8. The van der Waals surface area contributed by atoms with Gasteiger partial charge in [-0.2, -0.15) is 0 Å². The Hall–Kier alpha value is -2.35. The van der Waals surface area contributed by atoms with Gasteiger partial charge in [0.15, 0.2) is 5.16 Å². The highest BCUT2D eigenvalue weighted by atomic mass is 32.2. The number of amides is 2. The van der Waals surface area contributed by atoms with Crippen LogP contribution in [0, 0.1) is 0 Å². The summed E-state index contributed by atoms with van der Waals surface area (Å²) in [6.07, 6.45) is 6.10. The summed E-state index contributed by atoms with van der Waals surface area (Å²) in [6.45, 7) is 2.86. The number of primary amides is 1. The second kappa shape index (κ2) is 9.03. The van der Waals surface area contributed by atoms with Gasteiger partial charge in [0, 0.05) is 12.5 Å². The quantitative estimate of drug-likeness (QED) is 0.710. The van der Waals surface area contributed by atoms with E-state index >= 15 is 0 Å². The van der Waals surface area contributed by atoms with Crippen molar-refractivity contribution in [3.63, 3.8) is 0 Å². The molecule has 3 rings (SSSR count). The minimum Gasteiger partial charge on any atom is -0.366 e. The molecule has 0 unspecified atom stereocenters. The SMILES string of the molecule is CCn1c(SCC(=O)Nc2ccccc2C(N)=O)nnc1C1CCCCC1. The Balaban J connectivity index is 1.64. The highest BCUT2D eigenvalue weighted by molar-refractivity contribution is 7.99. The average Bonchev–Trinajstić information content (AvgIpc) is 3.10. The van der Waals surface area contributed by atoms with Crippen LogP contribution in [-0.2, 0) is 11.3 Å². The zero-order chi connectivity index (χ0) is 19.2. The molecule has 1 heterocycles. The first kappa shape index (κ1) is 19.4. The molecular weight excluding hydrogens is 362 g/mol. The first-order chi connectivity index (χ1) is 13.1. The molecule has 2 amide bonds. The summed E-state index contributed by atoms with van der Waals surface area (Å²) >= 11 is 1.36. The maximum absolute atomic E-state index is 12.3. The maximum Gasteiger partial charge on any atom is 0.250 e. The highest BCUT2D eigenvalue weighted by Gasteiger charge is 2.23. The number of carbonyl (C=O) groups is 2. The lowest BCUT2D eigenvalue weighted by atomic mass is 9.89. The second-order valence-corrected chi connectivity index (χ2v) is 7.61. The van der Waals surface area contributed by atoms with Crippen molar-refractivity contribution in [3.05, 3.63) is 35.7 Å². The predicted octanol–water partition coefficient (Wildman–Crippen LogP) is 3.18. The number of carbonyl (C=O) groups excluding carboxylic acids is 2. The van der Waals surface area contributed by atoms with E-state index in [4.69, 9.17) is 5.73 Å². The Morgan fingerprint density at radius 1 is 1.22 bits per heavy atom. The van der Waals surface area contributed by atoms with E-state index in [0.29, 0.717) is 17.2 Å². The van der Waals surface area contributed by atoms with Gasteiger partial charge in [-0.05, 0) is 31.9 Å². The molecular formula is C19H25N5O2S. The van der Waals surface area contributed by atoms with Crippen LogP contribution in [0.2, 0.25) is 0 Å². The predicted molar refractivity (Wildman–Crippen MR) is 106 cm³/mol. The molecule has 1 aliphatic carbocycles. The van der Waals surface area contributed by atoms with Crippen molar-refractivity contribution in [2.24, 2.45) is 5.73 Å². The topological polar surface area (TPSA) is 103 Å². The molecule has 1 aliphatic rings. The summed E-state index contributed by atoms with van der Waals surface area (Å²) in [6, 6.07) is 6.72. The number of rotatable bonds is 7. The molecule has 0 saturated heterocycles. The highest BCUT2D eigenvalue weighted by Crippen LogP contribution is 2.33. The Morgan fingerprint density at radius 2 is 1.96 bits per heavy atom. The maximum atomic E-state index is 12.3. The third-order valence-corrected chi connectivity index (χ3v) is 5.80. The number of benzene rings is 1. The summed E-state index contributed by atoms with van der Waals surface area (Å²) in [7, 11) is 0. The monoisotopic (exact) mass is 387 g/mol. The normalized spacial score (nSPS) is 14.9. The number of nitrogens with two attached hydrogens (primary N) is 1. The lowest BCUT2D eigenvalue weighted by Gasteiger charge is -2.21. The number of hydrogen-bond donors (Lipinski definition) is 2. The molecule has 1 aromatic heterocycles. The van der Waals surface area contributed by atoms with Crippen LogP contribution < -0.4 is 11.1 Å². The molecule has 0 spiro atoms. The molecule has 2 aromatic rings. The standard InChI is InChI=1S/C19H25N5O2S/c1-2-24-18(13-8-4-3-5-9-13)22-23-19(24)27-12-16(25)21-15-11-7-6-10-14(15)17(20)26/h6-7,10-11,13H,2-5,8-9,12H2,1H3,(H2,20,26)(H,21,25). The van der Waals surface area contributed by atoms with Crippen LogP contribution in [0.4, 0.5) is 5.69 Å². The van der Waals surface area contributed by atoms with E-state index in [1.54, 1.807) is 24.3 Å². The van der Waals surface area contributed by atoms with Gasteiger partial charge in [-0.15, -0.1) is 10.2 Å². The number of hydrogen-bond acceptors (Lipinski definition) is 5. The van der Waals surface area contributed by atoms with Crippen molar-refractivity contribution in [2.75, 3.05) is 11.1 Å². The molecule has 0 radical (unpaired) electrons. The van der Waals surface area contributed by atoms with Gasteiger partial charge in [-0.25, -0.2) is 0 Å². The van der Waals surface area contributed by atoms with Crippen molar-refractivity contribution in [2.45, 2.75) is 56.6 Å². The van der Waals surface area contributed by atoms with Crippen LogP contribution in [0.25, 0.3) is 0 Å². The smallest absolute Gasteiger partial charge is 0.250 e. The van der Waals surface area contributed by atoms with Crippen molar-refractivity contribution < 1.29 is 9.59 Å². The fraction of sp³-hybridized carbons (Fsp3) is 0.474. The molecule has 7 nitrogen and oxygen atoms in total. The third-order valence-electron chi connectivity index (χ3n) is 4.83. The van der Waals surface area contributed by atoms with Crippen molar-refractivity contribution in [1.82, 2.24) is 14.8 Å². The Kier molecular flexibility index (Phi) is 6.49. The van der Waals surface area contributed by atoms with Gasteiger partial charge in [0.1, 0.15) is 5.82 Å². The fourth-order valence-corrected chi connectivity index (χ4v) is 4.30. The Labute approximate surface area is 163 Å². The van der Waals surface area contributed by atoms with Crippen LogP contribution in [0.1, 0.15) is 61.1 Å². The van der Waals surface area contributed by atoms with E-state index in [0.717, 1.165) is 30.4 Å². The molecule has 1 aromatic carbocycles. The minimum atomic E-state index is -0.568. The molecule has 0 atom stereocenters. The van der Waals surface area contributed by atoms with Crippen LogP contribution in [-0.4, -0.2) is 32.3 Å². The lowest BCUT2D eigenvalue weighted by Crippen LogP contribution is -2.19. The first-order valence-corrected chi connectivity index (χ1v) is 10.3. The first-order valence-electron chi connectivity index (χ1n) is 9.34. The van der Waals surface area contributed by atoms with Gasteiger partial charge in [-0.1, -0.05) is 43.2 Å². The molecule has 144 valence electrons. The van der Waals surface area contributed by atoms with E-state index in [-0.39, 0.29) is 11.7 Å². The Morgan fingerprint density at radius 3 is 2.67 bits per heavy atom. The number of nitrogens with zero attached hydrogens (tertiary/aromatic N) is 3. The largest absolute Gasteiger partial charge is 0.366 e. The molecule has 3 N–H and O–H groups in total.